The average molecular weight is 335 g/mol. The molecule has 1 N–H and O–H groups in total. The SMILES string of the molecule is O=C(O)C1CCc2ccc(-c3nc(-c4ccccc4)cs3)cc2C1. The monoisotopic (exact) mass is 335 g/mol. The third-order valence-electron chi connectivity index (χ3n) is 4.60. The normalized spacial score (nSPS) is 16.6. The highest BCUT2D eigenvalue weighted by atomic mass is 32.1. The lowest BCUT2D eigenvalue weighted by molar-refractivity contribution is -0.142. The number of benzene rings is 2. The zero-order valence-corrected chi connectivity index (χ0v) is 13.9. The van der Waals surface area contributed by atoms with Crippen LogP contribution in [0.4, 0.5) is 0 Å². The molecule has 0 saturated heterocycles. The van der Waals surface area contributed by atoms with Crippen LogP contribution in [0.2, 0.25) is 0 Å². The number of carboxylic acid groups (broad SMARTS) is 1. The summed E-state index contributed by atoms with van der Waals surface area (Å²) in [5, 5.41) is 12.3. The molecule has 0 saturated carbocycles. The maximum Gasteiger partial charge on any atom is 0.306 e. The fourth-order valence-electron chi connectivity index (χ4n) is 3.25. The van der Waals surface area contributed by atoms with Crippen molar-refractivity contribution in [3.8, 4) is 21.8 Å². The van der Waals surface area contributed by atoms with Crippen LogP contribution in [-0.2, 0) is 17.6 Å². The van der Waals surface area contributed by atoms with Crippen LogP contribution in [0.5, 0.6) is 0 Å². The van der Waals surface area contributed by atoms with Crippen molar-refractivity contribution in [2.45, 2.75) is 19.3 Å². The van der Waals surface area contributed by atoms with Crippen molar-refractivity contribution in [1.82, 2.24) is 4.98 Å². The molecule has 1 aliphatic rings. The maximum atomic E-state index is 11.3. The quantitative estimate of drug-likeness (QED) is 0.757. The first-order valence-electron chi connectivity index (χ1n) is 8.06. The van der Waals surface area contributed by atoms with Crippen LogP contribution in [0, 0.1) is 5.92 Å². The predicted molar refractivity (Wildman–Crippen MR) is 96.1 cm³/mol. The molecule has 4 heteroatoms. The second-order valence-corrected chi connectivity index (χ2v) is 7.02. The Bertz CT molecular complexity index is 886. The Balaban J connectivity index is 1.65. The third kappa shape index (κ3) is 2.85. The highest BCUT2D eigenvalue weighted by Gasteiger charge is 2.24. The van der Waals surface area contributed by atoms with Gasteiger partial charge in [-0.2, -0.15) is 0 Å². The van der Waals surface area contributed by atoms with Crippen molar-refractivity contribution in [2.24, 2.45) is 5.92 Å². The molecule has 1 unspecified atom stereocenters. The van der Waals surface area contributed by atoms with Gasteiger partial charge in [0.15, 0.2) is 0 Å². The van der Waals surface area contributed by atoms with Crippen molar-refractivity contribution >= 4 is 17.3 Å². The number of fused-ring (bicyclic) bond motifs is 1. The lowest BCUT2D eigenvalue weighted by atomic mass is 9.83. The van der Waals surface area contributed by atoms with Gasteiger partial charge in [-0.1, -0.05) is 42.5 Å². The highest BCUT2D eigenvalue weighted by Crippen LogP contribution is 2.33. The van der Waals surface area contributed by atoms with E-state index in [1.165, 1.54) is 5.56 Å². The number of aromatic nitrogens is 1. The maximum absolute atomic E-state index is 11.3. The number of hydrogen-bond donors (Lipinski definition) is 1. The van der Waals surface area contributed by atoms with E-state index in [2.05, 4.69) is 35.7 Å². The number of rotatable bonds is 3. The first-order chi connectivity index (χ1) is 11.7. The highest BCUT2D eigenvalue weighted by molar-refractivity contribution is 7.13. The summed E-state index contributed by atoms with van der Waals surface area (Å²) in [6.07, 6.45) is 2.20. The third-order valence-corrected chi connectivity index (χ3v) is 5.50. The van der Waals surface area contributed by atoms with Crippen LogP contribution in [0.25, 0.3) is 21.8 Å². The predicted octanol–water partition coefficient (Wildman–Crippen LogP) is 4.67. The van der Waals surface area contributed by atoms with Crippen molar-refractivity contribution in [1.29, 1.82) is 0 Å². The Morgan fingerprint density at radius 3 is 2.71 bits per heavy atom. The summed E-state index contributed by atoms with van der Waals surface area (Å²) in [5.74, 6) is -0.949. The van der Waals surface area contributed by atoms with E-state index >= 15 is 0 Å². The van der Waals surface area contributed by atoms with E-state index in [1.54, 1.807) is 11.3 Å². The molecule has 0 radical (unpaired) electrons. The van der Waals surface area contributed by atoms with Gasteiger partial charge in [0.1, 0.15) is 5.01 Å². The van der Waals surface area contributed by atoms with Crippen molar-refractivity contribution in [3.63, 3.8) is 0 Å². The Kier molecular flexibility index (Phi) is 3.90. The van der Waals surface area contributed by atoms with Crippen molar-refractivity contribution < 1.29 is 9.90 Å². The first-order valence-corrected chi connectivity index (χ1v) is 8.94. The van der Waals surface area contributed by atoms with Gasteiger partial charge in [0.25, 0.3) is 0 Å². The molecule has 3 nitrogen and oxygen atoms in total. The number of nitrogens with zero attached hydrogens (tertiary/aromatic N) is 1. The minimum absolute atomic E-state index is 0.260. The van der Waals surface area contributed by atoms with Gasteiger partial charge in [-0.25, -0.2) is 4.98 Å². The van der Waals surface area contributed by atoms with Gasteiger partial charge in [-0.15, -0.1) is 11.3 Å². The molecule has 1 aliphatic carbocycles. The fourth-order valence-corrected chi connectivity index (χ4v) is 4.07. The zero-order chi connectivity index (χ0) is 16.5. The molecule has 4 rings (SSSR count). The molecule has 1 heterocycles. The molecule has 0 aliphatic heterocycles. The van der Waals surface area contributed by atoms with E-state index in [9.17, 15) is 9.90 Å². The largest absolute Gasteiger partial charge is 0.481 e. The average Bonchev–Trinajstić information content (AvgIpc) is 3.11. The van der Waals surface area contributed by atoms with Gasteiger partial charge in [0.2, 0.25) is 0 Å². The number of hydrogen-bond acceptors (Lipinski definition) is 3. The summed E-state index contributed by atoms with van der Waals surface area (Å²) in [4.78, 5) is 16.0. The van der Waals surface area contributed by atoms with Gasteiger partial charge < -0.3 is 5.11 Å². The second kappa shape index (κ2) is 6.21. The Hall–Kier alpha value is -2.46. The van der Waals surface area contributed by atoms with Crippen LogP contribution >= 0.6 is 11.3 Å². The molecule has 24 heavy (non-hydrogen) atoms. The van der Waals surface area contributed by atoms with E-state index in [1.807, 2.05) is 18.2 Å². The zero-order valence-electron chi connectivity index (χ0n) is 13.1. The number of thiazole rings is 1. The van der Waals surface area contributed by atoms with E-state index < -0.39 is 5.97 Å². The Morgan fingerprint density at radius 2 is 1.92 bits per heavy atom. The minimum atomic E-state index is -0.688. The molecule has 0 amide bonds. The second-order valence-electron chi connectivity index (χ2n) is 6.17. The van der Waals surface area contributed by atoms with Gasteiger partial charge in [0, 0.05) is 16.5 Å². The fraction of sp³-hybridized carbons (Fsp3) is 0.200. The Labute approximate surface area is 144 Å². The molecule has 0 fully saturated rings. The molecule has 0 bridgehead atoms. The van der Waals surface area contributed by atoms with Crippen LogP contribution in [0.1, 0.15) is 17.5 Å². The summed E-state index contributed by atoms with van der Waals surface area (Å²) < 4.78 is 0. The standard InChI is InChI=1S/C20H17NO2S/c22-20(23)16-9-7-13-6-8-15(10-17(13)11-16)19-21-18(12-24-19)14-4-2-1-3-5-14/h1-6,8,10,12,16H,7,9,11H2,(H,22,23). The first kappa shape index (κ1) is 15.1. The number of aliphatic carboxylic acids is 1. The number of aryl methyl sites for hydroxylation is 1. The number of carbonyl (C=O) groups is 1. The molecule has 2 aromatic carbocycles. The Morgan fingerprint density at radius 1 is 1.08 bits per heavy atom. The molecular formula is C20H17NO2S. The van der Waals surface area contributed by atoms with Crippen LogP contribution in [0.3, 0.4) is 0 Å². The molecular weight excluding hydrogens is 318 g/mol. The van der Waals surface area contributed by atoms with Crippen LogP contribution < -0.4 is 0 Å². The van der Waals surface area contributed by atoms with Crippen molar-refractivity contribution in [3.05, 3.63) is 65.0 Å². The van der Waals surface area contributed by atoms with Gasteiger partial charge in [-0.3, -0.25) is 4.79 Å². The van der Waals surface area contributed by atoms with Gasteiger partial charge in [0.05, 0.1) is 11.6 Å². The summed E-state index contributed by atoms with van der Waals surface area (Å²) in [6, 6.07) is 16.5. The van der Waals surface area contributed by atoms with Crippen LogP contribution in [0.15, 0.2) is 53.9 Å². The molecule has 1 atom stereocenters. The van der Waals surface area contributed by atoms with E-state index in [-0.39, 0.29) is 5.92 Å². The number of carboxylic acids is 1. The summed E-state index contributed by atoms with van der Waals surface area (Å²) >= 11 is 1.63. The lowest BCUT2D eigenvalue weighted by Crippen LogP contribution is -2.22. The smallest absolute Gasteiger partial charge is 0.306 e. The van der Waals surface area contributed by atoms with E-state index in [0.29, 0.717) is 6.42 Å². The summed E-state index contributed by atoms with van der Waals surface area (Å²) in [7, 11) is 0. The van der Waals surface area contributed by atoms with Gasteiger partial charge >= 0.3 is 5.97 Å². The topological polar surface area (TPSA) is 50.2 Å². The molecule has 120 valence electrons. The summed E-state index contributed by atoms with van der Waals surface area (Å²) in [5.41, 5.74) is 5.60. The summed E-state index contributed by atoms with van der Waals surface area (Å²) in [6.45, 7) is 0. The van der Waals surface area contributed by atoms with E-state index in [0.717, 1.165) is 40.2 Å². The lowest BCUT2D eigenvalue weighted by Gasteiger charge is -2.21. The minimum Gasteiger partial charge on any atom is -0.481 e. The van der Waals surface area contributed by atoms with E-state index in [4.69, 9.17) is 4.98 Å². The molecule has 1 aromatic heterocycles. The van der Waals surface area contributed by atoms with Gasteiger partial charge in [-0.05, 0) is 36.5 Å². The van der Waals surface area contributed by atoms with Crippen molar-refractivity contribution in [2.75, 3.05) is 0 Å². The molecule has 3 aromatic rings. The molecule has 0 spiro atoms. The van der Waals surface area contributed by atoms with Crippen LogP contribution in [-0.4, -0.2) is 16.1 Å².